The van der Waals surface area contributed by atoms with Gasteiger partial charge in [0.2, 0.25) is 0 Å². The van der Waals surface area contributed by atoms with Gasteiger partial charge in [0.15, 0.2) is 0 Å². The Morgan fingerprint density at radius 3 is 2.32 bits per heavy atom. The summed E-state index contributed by atoms with van der Waals surface area (Å²) in [6.45, 7) is 9.52. The molecule has 0 spiro atoms. The van der Waals surface area contributed by atoms with Gasteiger partial charge in [-0.3, -0.25) is 0 Å². The Morgan fingerprint density at radius 1 is 1.05 bits per heavy atom. The maximum Gasteiger partial charge on any atom is 0.134 e. The summed E-state index contributed by atoms with van der Waals surface area (Å²) in [7, 11) is 0. The van der Waals surface area contributed by atoms with E-state index in [1.54, 1.807) is 0 Å². The third-order valence-corrected chi connectivity index (χ3v) is 5.74. The van der Waals surface area contributed by atoms with Crippen LogP contribution in [0, 0.1) is 10.8 Å². The fourth-order valence-corrected chi connectivity index (χ4v) is 3.67. The number of rotatable bonds is 1. The second-order valence-electron chi connectivity index (χ2n) is 7.20. The Balaban J connectivity index is 1.98. The first-order valence-electron chi connectivity index (χ1n) is 6.97. The molecule has 1 heterocycles. The van der Waals surface area contributed by atoms with Crippen molar-refractivity contribution in [2.45, 2.75) is 46.5 Å². The van der Waals surface area contributed by atoms with Crippen molar-refractivity contribution in [1.29, 1.82) is 0 Å². The van der Waals surface area contributed by atoms with Crippen LogP contribution in [-0.2, 0) is 0 Å². The average Bonchev–Trinajstić information content (AvgIpc) is 2.78. The molecule has 0 N–H and O–H groups in total. The van der Waals surface area contributed by atoms with Crippen molar-refractivity contribution in [2.75, 3.05) is 0 Å². The zero-order chi connectivity index (χ0) is 13.8. The summed E-state index contributed by atoms with van der Waals surface area (Å²) in [5.74, 6) is 1.71. The lowest BCUT2D eigenvalue weighted by atomic mass is 9.71. The van der Waals surface area contributed by atoms with Gasteiger partial charge in [0, 0.05) is 15.8 Å². The highest BCUT2D eigenvalue weighted by atomic mass is 79.9. The van der Waals surface area contributed by atoms with Gasteiger partial charge in [0.05, 0.1) is 0 Å². The molecule has 0 aliphatic heterocycles. The van der Waals surface area contributed by atoms with Crippen LogP contribution in [0.2, 0.25) is 0 Å². The van der Waals surface area contributed by atoms with E-state index in [2.05, 4.69) is 55.8 Å². The molecule has 19 heavy (non-hydrogen) atoms. The molecule has 1 saturated carbocycles. The normalized spacial score (nSPS) is 22.2. The van der Waals surface area contributed by atoms with E-state index in [0.29, 0.717) is 16.7 Å². The molecule has 0 amide bonds. The van der Waals surface area contributed by atoms with E-state index < -0.39 is 0 Å². The Hall–Kier alpha value is -0.760. The first-order valence-corrected chi connectivity index (χ1v) is 7.77. The minimum absolute atomic E-state index is 0.372. The van der Waals surface area contributed by atoms with Gasteiger partial charge >= 0.3 is 0 Å². The lowest BCUT2D eigenvalue weighted by Gasteiger charge is -2.34. The van der Waals surface area contributed by atoms with Gasteiger partial charge in [0.1, 0.15) is 11.3 Å². The zero-order valence-electron chi connectivity index (χ0n) is 12.1. The van der Waals surface area contributed by atoms with Gasteiger partial charge in [-0.25, -0.2) is 0 Å². The summed E-state index contributed by atoms with van der Waals surface area (Å²) in [5.41, 5.74) is 1.75. The molecule has 0 bridgehead atoms. The highest BCUT2D eigenvalue weighted by molar-refractivity contribution is 9.10. The number of furan rings is 1. The molecular formula is C17H21BrO. The van der Waals surface area contributed by atoms with Crippen LogP contribution in [-0.4, -0.2) is 0 Å². The van der Waals surface area contributed by atoms with E-state index in [1.165, 1.54) is 18.2 Å². The summed E-state index contributed by atoms with van der Waals surface area (Å²) < 4.78 is 7.18. The van der Waals surface area contributed by atoms with Gasteiger partial charge in [-0.1, -0.05) is 43.6 Å². The van der Waals surface area contributed by atoms with E-state index in [9.17, 15) is 0 Å². The maximum atomic E-state index is 6.07. The molecule has 3 rings (SSSR count). The molecule has 0 radical (unpaired) electrons. The second-order valence-corrected chi connectivity index (χ2v) is 8.12. The quantitative estimate of drug-likeness (QED) is 0.616. The molecule has 0 atom stereocenters. The number of hydrogen-bond donors (Lipinski definition) is 0. The molecule has 1 aromatic heterocycles. The molecule has 0 saturated heterocycles. The van der Waals surface area contributed by atoms with Crippen molar-refractivity contribution in [1.82, 2.24) is 0 Å². The summed E-state index contributed by atoms with van der Waals surface area (Å²) in [6, 6.07) is 8.45. The minimum atomic E-state index is 0.372. The van der Waals surface area contributed by atoms with E-state index in [4.69, 9.17) is 4.42 Å². The lowest BCUT2D eigenvalue weighted by Crippen LogP contribution is -2.25. The van der Waals surface area contributed by atoms with Crippen molar-refractivity contribution in [2.24, 2.45) is 10.8 Å². The predicted octanol–water partition coefficient (Wildman–Crippen LogP) is 6.13. The standard InChI is InChI=1S/C17H21BrO/c1-16(2)9-12(10-17(16,3)4)15-8-11-7-13(18)5-6-14(11)19-15/h5-8,12H,9-10H2,1-4H3. The molecule has 1 nitrogen and oxygen atoms in total. The Labute approximate surface area is 123 Å². The molecular weight excluding hydrogens is 300 g/mol. The van der Waals surface area contributed by atoms with Crippen LogP contribution in [0.1, 0.15) is 52.2 Å². The monoisotopic (exact) mass is 320 g/mol. The summed E-state index contributed by atoms with van der Waals surface area (Å²) >= 11 is 3.52. The van der Waals surface area contributed by atoms with Crippen LogP contribution in [0.3, 0.4) is 0 Å². The minimum Gasteiger partial charge on any atom is -0.461 e. The van der Waals surface area contributed by atoms with Gasteiger partial charge in [-0.2, -0.15) is 0 Å². The molecule has 2 aromatic rings. The maximum absolute atomic E-state index is 6.07. The molecule has 102 valence electrons. The molecule has 1 aromatic carbocycles. The van der Waals surface area contributed by atoms with Gasteiger partial charge in [0.25, 0.3) is 0 Å². The van der Waals surface area contributed by atoms with Crippen LogP contribution in [0.25, 0.3) is 11.0 Å². The molecule has 1 fully saturated rings. The Bertz CT molecular complexity index is 605. The number of fused-ring (bicyclic) bond motifs is 1. The second kappa shape index (κ2) is 4.12. The van der Waals surface area contributed by atoms with Crippen LogP contribution in [0.15, 0.2) is 33.2 Å². The summed E-state index contributed by atoms with van der Waals surface area (Å²) in [4.78, 5) is 0. The number of halogens is 1. The van der Waals surface area contributed by atoms with E-state index in [1.807, 2.05) is 12.1 Å². The van der Waals surface area contributed by atoms with Crippen LogP contribution in [0.4, 0.5) is 0 Å². The zero-order valence-corrected chi connectivity index (χ0v) is 13.7. The highest BCUT2D eigenvalue weighted by Crippen LogP contribution is 2.58. The first-order chi connectivity index (χ1) is 8.78. The van der Waals surface area contributed by atoms with Crippen molar-refractivity contribution in [3.05, 3.63) is 34.5 Å². The molecule has 2 heteroatoms. The third kappa shape index (κ3) is 2.14. The summed E-state index contributed by atoms with van der Waals surface area (Å²) in [6.07, 6.45) is 2.42. The van der Waals surface area contributed by atoms with Crippen LogP contribution < -0.4 is 0 Å². The molecule has 1 aliphatic carbocycles. The van der Waals surface area contributed by atoms with E-state index in [-0.39, 0.29) is 0 Å². The largest absolute Gasteiger partial charge is 0.461 e. The first kappa shape index (κ1) is 13.2. The van der Waals surface area contributed by atoms with E-state index >= 15 is 0 Å². The smallest absolute Gasteiger partial charge is 0.134 e. The summed E-state index contributed by atoms with van der Waals surface area (Å²) in [5, 5.41) is 1.20. The molecule has 1 aliphatic rings. The highest BCUT2D eigenvalue weighted by Gasteiger charge is 2.47. The van der Waals surface area contributed by atoms with Crippen molar-refractivity contribution < 1.29 is 4.42 Å². The van der Waals surface area contributed by atoms with Crippen LogP contribution >= 0.6 is 15.9 Å². The van der Waals surface area contributed by atoms with E-state index in [0.717, 1.165) is 15.8 Å². The van der Waals surface area contributed by atoms with Crippen molar-refractivity contribution in [3.8, 4) is 0 Å². The topological polar surface area (TPSA) is 13.1 Å². The Kier molecular flexibility index (Phi) is 2.87. The lowest BCUT2D eigenvalue weighted by molar-refractivity contribution is 0.157. The number of hydrogen-bond acceptors (Lipinski definition) is 1. The molecule has 0 unspecified atom stereocenters. The van der Waals surface area contributed by atoms with Gasteiger partial charge in [-0.15, -0.1) is 0 Å². The van der Waals surface area contributed by atoms with Gasteiger partial charge < -0.3 is 4.42 Å². The average molecular weight is 321 g/mol. The third-order valence-electron chi connectivity index (χ3n) is 5.25. The number of benzene rings is 1. The van der Waals surface area contributed by atoms with Crippen molar-refractivity contribution in [3.63, 3.8) is 0 Å². The van der Waals surface area contributed by atoms with Gasteiger partial charge in [-0.05, 0) is 47.9 Å². The van der Waals surface area contributed by atoms with Crippen LogP contribution in [0.5, 0.6) is 0 Å². The SMILES string of the molecule is CC1(C)CC(c2cc3cc(Br)ccc3o2)CC1(C)C. The fourth-order valence-electron chi connectivity index (χ4n) is 3.29. The fraction of sp³-hybridized carbons (Fsp3) is 0.529. The predicted molar refractivity (Wildman–Crippen MR) is 83.5 cm³/mol. The Morgan fingerprint density at radius 2 is 1.68 bits per heavy atom. The van der Waals surface area contributed by atoms with Crippen molar-refractivity contribution >= 4 is 26.9 Å².